The number of alkyl carbamates (subject to hydrolysis) is 1. The normalized spacial score (nSPS) is 15.0. The van der Waals surface area contributed by atoms with Crippen LogP contribution in [0, 0.1) is 0 Å². The Balaban J connectivity index is 0.972. The van der Waals surface area contributed by atoms with Crippen LogP contribution in [0.1, 0.15) is 71.7 Å². The van der Waals surface area contributed by atoms with Crippen molar-refractivity contribution in [3.63, 3.8) is 0 Å². The number of pyridine rings is 1. The maximum Gasteiger partial charge on any atom is 0.407 e. The van der Waals surface area contributed by atoms with Gasteiger partial charge in [0.05, 0.1) is 59.5 Å². The number of aryl methyl sites for hydroxylation is 1. The largest absolute Gasteiger partial charge is 0.450 e. The lowest BCUT2D eigenvalue weighted by atomic mass is 9.75. The summed E-state index contributed by atoms with van der Waals surface area (Å²) >= 11 is 0. The molecule has 0 bridgehead atoms. The van der Waals surface area contributed by atoms with E-state index in [1.54, 1.807) is 12.4 Å². The van der Waals surface area contributed by atoms with Crippen molar-refractivity contribution < 1.29 is 33.3 Å². The number of nitrogens with zero attached hydrogens (tertiary/aromatic N) is 4. The van der Waals surface area contributed by atoms with E-state index in [4.69, 9.17) is 28.7 Å². The zero-order valence-electron chi connectivity index (χ0n) is 29.3. The minimum atomic E-state index is -0.411. The van der Waals surface area contributed by atoms with E-state index in [1.165, 1.54) is 0 Å². The molecule has 3 aromatic rings. The van der Waals surface area contributed by atoms with Gasteiger partial charge in [0, 0.05) is 55.8 Å². The van der Waals surface area contributed by atoms with Gasteiger partial charge in [-0.25, -0.2) is 9.78 Å². The van der Waals surface area contributed by atoms with Gasteiger partial charge < -0.3 is 44.2 Å². The van der Waals surface area contributed by atoms with Crippen molar-refractivity contribution in [2.45, 2.75) is 56.9 Å². The molecule has 14 heteroatoms. The number of carbonyl (C=O) groups excluding carboxylic acids is 2. The average Bonchev–Trinajstić information content (AvgIpc) is 3.87. The van der Waals surface area contributed by atoms with E-state index >= 15 is 0 Å². The third kappa shape index (κ3) is 11.3. The molecule has 0 atom stereocenters. The third-order valence-electron chi connectivity index (χ3n) is 8.73. The number of ether oxygens (including phenoxy) is 5. The van der Waals surface area contributed by atoms with E-state index < -0.39 is 6.09 Å². The molecular formula is C36H51N7O7. The highest BCUT2D eigenvalue weighted by atomic mass is 16.6. The molecule has 14 nitrogen and oxygen atoms in total. The molecule has 1 aliphatic heterocycles. The van der Waals surface area contributed by atoms with Crippen LogP contribution < -0.4 is 16.0 Å². The van der Waals surface area contributed by atoms with Gasteiger partial charge in [-0.05, 0) is 48.6 Å². The van der Waals surface area contributed by atoms with Gasteiger partial charge in [-0.1, -0.05) is 31.5 Å². The Morgan fingerprint density at radius 1 is 0.980 bits per heavy atom. The summed E-state index contributed by atoms with van der Waals surface area (Å²) in [6, 6.07) is 11.8. The van der Waals surface area contributed by atoms with E-state index in [2.05, 4.69) is 32.2 Å². The second-order valence-corrected chi connectivity index (χ2v) is 12.8. The highest BCUT2D eigenvalue weighted by molar-refractivity contribution is 6.03. The molecule has 0 unspecified atom stereocenters. The van der Waals surface area contributed by atoms with Crippen LogP contribution in [-0.2, 0) is 49.1 Å². The summed E-state index contributed by atoms with van der Waals surface area (Å²) in [6.07, 6.45) is 6.02. The van der Waals surface area contributed by atoms with Crippen molar-refractivity contribution in [2.24, 2.45) is 7.05 Å². The molecule has 2 fully saturated rings. The summed E-state index contributed by atoms with van der Waals surface area (Å²) in [6.45, 7) is 8.24. The molecule has 1 saturated carbocycles. The minimum Gasteiger partial charge on any atom is -0.450 e. The predicted molar refractivity (Wildman–Crippen MR) is 186 cm³/mol. The highest BCUT2D eigenvalue weighted by Gasteiger charge is 2.42. The topological polar surface area (TPSA) is 160 Å². The van der Waals surface area contributed by atoms with E-state index in [-0.39, 0.29) is 11.3 Å². The minimum absolute atomic E-state index is 0.200. The quantitative estimate of drug-likeness (QED) is 0.125. The number of aromatic nitrogens is 4. The second-order valence-electron chi connectivity index (χ2n) is 12.8. The van der Waals surface area contributed by atoms with Gasteiger partial charge in [-0.15, -0.1) is 10.2 Å². The molecule has 1 aliphatic carbocycles. The van der Waals surface area contributed by atoms with Crippen LogP contribution in [0.3, 0.4) is 0 Å². The van der Waals surface area contributed by atoms with Crippen molar-refractivity contribution in [3.8, 4) is 0 Å². The van der Waals surface area contributed by atoms with E-state index in [1.807, 2.05) is 42.8 Å². The third-order valence-corrected chi connectivity index (χ3v) is 8.73. The smallest absolute Gasteiger partial charge is 0.407 e. The van der Waals surface area contributed by atoms with E-state index in [9.17, 15) is 9.59 Å². The van der Waals surface area contributed by atoms with Gasteiger partial charge in [-0.3, -0.25) is 4.79 Å². The van der Waals surface area contributed by atoms with Crippen LogP contribution in [-0.4, -0.2) is 104 Å². The molecule has 3 N–H and O–H groups in total. The van der Waals surface area contributed by atoms with Gasteiger partial charge in [0.2, 0.25) is 0 Å². The summed E-state index contributed by atoms with van der Waals surface area (Å²) in [7, 11) is 1.94. The summed E-state index contributed by atoms with van der Waals surface area (Å²) in [5, 5.41) is 17.4. The Bertz CT molecular complexity index is 1510. The number of amides is 2. The van der Waals surface area contributed by atoms with Crippen LogP contribution in [0.25, 0.3) is 0 Å². The standard InChI is InChI=1S/C36H51N7O7/c1-3-4-14-50-35(45)38-13-16-47-18-20-48-19-17-46-15-12-37-23-28-10-11-31(41-33(28)27-8-9-27)34(44)40-30-7-5-6-29(21-30)36(24-49-25-36)22-32-42-39-26-43(32)2/h5-7,10-11,21,26-27,37H,3-4,8-9,12-20,22-25H2,1-2H3,(H,38,45)(H,40,44). The number of unbranched alkanes of at least 4 members (excludes halogenated alkanes) is 1. The van der Waals surface area contributed by atoms with Gasteiger partial charge in [0.15, 0.2) is 0 Å². The summed E-state index contributed by atoms with van der Waals surface area (Å²) in [5.74, 6) is 1.06. The molecule has 0 radical (unpaired) electrons. The average molecular weight is 694 g/mol. The molecule has 5 rings (SSSR count). The molecule has 3 heterocycles. The molecule has 1 saturated heterocycles. The molecular weight excluding hydrogens is 642 g/mol. The lowest BCUT2D eigenvalue weighted by molar-refractivity contribution is -0.0610. The fourth-order valence-electron chi connectivity index (χ4n) is 5.60. The first-order valence-electron chi connectivity index (χ1n) is 17.6. The summed E-state index contributed by atoms with van der Waals surface area (Å²) < 4.78 is 29.2. The van der Waals surface area contributed by atoms with Gasteiger partial charge in [0.1, 0.15) is 17.8 Å². The zero-order valence-corrected chi connectivity index (χ0v) is 29.3. The lowest BCUT2D eigenvalue weighted by Gasteiger charge is -2.41. The first-order valence-corrected chi connectivity index (χ1v) is 17.6. The monoisotopic (exact) mass is 693 g/mol. The highest BCUT2D eigenvalue weighted by Crippen LogP contribution is 2.41. The van der Waals surface area contributed by atoms with Crippen molar-refractivity contribution in [2.75, 3.05) is 77.9 Å². The summed E-state index contributed by atoms with van der Waals surface area (Å²) in [5.41, 5.74) is 4.13. The number of carbonyl (C=O) groups is 2. The Labute approximate surface area is 294 Å². The van der Waals surface area contributed by atoms with Crippen LogP contribution in [0.5, 0.6) is 0 Å². The molecule has 2 aliphatic rings. The van der Waals surface area contributed by atoms with E-state index in [0.29, 0.717) is 97.1 Å². The number of anilines is 1. The number of hydrogen-bond donors (Lipinski definition) is 3. The van der Waals surface area contributed by atoms with Crippen LogP contribution >= 0.6 is 0 Å². The predicted octanol–water partition coefficient (Wildman–Crippen LogP) is 3.52. The number of hydrogen-bond acceptors (Lipinski definition) is 11. The van der Waals surface area contributed by atoms with Crippen LogP contribution in [0.2, 0.25) is 0 Å². The first-order chi connectivity index (χ1) is 24.5. The molecule has 1 aromatic carbocycles. The lowest BCUT2D eigenvalue weighted by Crippen LogP contribution is -2.49. The maximum atomic E-state index is 13.3. The SMILES string of the molecule is CCCCOC(=O)NCCOCCOCCOCCNCc1ccc(C(=O)Nc2cccc(C3(Cc4nncn4C)COC3)c2)nc1C1CC1. The van der Waals surface area contributed by atoms with Gasteiger partial charge >= 0.3 is 6.09 Å². The van der Waals surface area contributed by atoms with Crippen molar-refractivity contribution >= 4 is 17.7 Å². The number of benzene rings is 1. The van der Waals surface area contributed by atoms with Gasteiger partial charge in [-0.2, -0.15) is 0 Å². The maximum absolute atomic E-state index is 13.3. The van der Waals surface area contributed by atoms with Crippen molar-refractivity contribution in [1.29, 1.82) is 0 Å². The van der Waals surface area contributed by atoms with Gasteiger partial charge in [0.25, 0.3) is 5.91 Å². The molecule has 50 heavy (non-hydrogen) atoms. The molecule has 2 aromatic heterocycles. The first kappa shape index (κ1) is 37.3. The van der Waals surface area contributed by atoms with Crippen molar-refractivity contribution in [1.82, 2.24) is 30.4 Å². The number of nitrogens with one attached hydrogen (secondary N) is 3. The van der Waals surface area contributed by atoms with Crippen LogP contribution in [0.4, 0.5) is 10.5 Å². The fourth-order valence-corrected chi connectivity index (χ4v) is 5.60. The number of rotatable bonds is 23. The Morgan fingerprint density at radius 2 is 1.74 bits per heavy atom. The van der Waals surface area contributed by atoms with E-state index in [0.717, 1.165) is 54.0 Å². The summed E-state index contributed by atoms with van der Waals surface area (Å²) in [4.78, 5) is 29.6. The second kappa shape index (κ2) is 19.4. The molecule has 0 spiro atoms. The molecule has 272 valence electrons. The van der Waals surface area contributed by atoms with Crippen molar-refractivity contribution in [3.05, 3.63) is 71.1 Å². The Morgan fingerprint density at radius 3 is 2.42 bits per heavy atom. The Hall–Kier alpha value is -3.95. The molecule has 2 amide bonds. The fraction of sp³-hybridized carbons (Fsp3) is 0.583. The zero-order chi connectivity index (χ0) is 35.0. The van der Waals surface area contributed by atoms with Crippen LogP contribution in [0.15, 0.2) is 42.7 Å². The Kier molecular flexibility index (Phi) is 14.5.